The highest BCUT2D eigenvalue weighted by Crippen LogP contribution is 2.47. The first-order chi connectivity index (χ1) is 27.8. The summed E-state index contributed by atoms with van der Waals surface area (Å²) in [5.74, 6) is 0. The molecule has 0 unspecified atom stereocenters. The highest BCUT2D eigenvalue weighted by atomic mass is 14.2. The lowest BCUT2D eigenvalue weighted by molar-refractivity contribution is 1.59. The van der Waals surface area contributed by atoms with Crippen molar-refractivity contribution in [1.82, 2.24) is 0 Å². The smallest absolute Gasteiger partial charge is 0.00259 e. The lowest BCUT2D eigenvalue weighted by Crippen LogP contribution is -1.93. The second-order valence-electron chi connectivity index (χ2n) is 14.8. The van der Waals surface area contributed by atoms with Crippen LogP contribution in [0, 0.1) is 0 Å². The van der Waals surface area contributed by atoms with Crippen LogP contribution < -0.4 is 0 Å². The fourth-order valence-electron chi connectivity index (χ4n) is 8.99. The number of fused-ring (bicyclic) bond motifs is 5. The van der Waals surface area contributed by atoms with Gasteiger partial charge in [0.1, 0.15) is 0 Å². The number of benzene rings is 11. The van der Waals surface area contributed by atoms with Gasteiger partial charge in [-0.3, -0.25) is 0 Å². The monoisotopic (exact) mass is 708 g/mol. The molecule has 0 heteroatoms. The first-order valence-electron chi connectivity index (χ1n) is 19.4. The Morgan fingerprint density at radius 2 is 0.661 bits per heavy atom. The zero-order chi connectivity index (χ0) is 37.0. The van der Waals surface area contributed by atoms with Crippen LogP contribution in [0.2, 0.25) is 0 Å². The summed E-state index contributed by atoms with van der Waals surface area (Å²) in [7, 11) is 0. The van der Waals surface area contributed by atoms with Crippen LogP contribution in [0.4, 0.5) is 0 Å². The molecule has 0 heterocycles. The van der Waals surface area contributed by atoms with Crippen molar-refractivity contribution in [3.8, 4) is 55.6 Å². The first-order valence-corrected chi connectivity index (χ1v) is 19.4. The van der Waals surface area contributed by atoms with Crippen LogP contribution in [0.1, 0.15) is 0 Å². The van der Waals surface area contributed by atoms with Crippen molar-refractivity contribution in [2.75, 3.05) is 0 Å². The lowest BCUT2D eigenvalue weighted by Gasteiger charge is -2.20. The molecule has 0 saturated heterocycles. The largest absolute Gasteiger partial charge is 0.0622 e. The maximum Gasteiger partial charge on any atom is -0.00259 e. The Labute approximate surface area is 326 Å². The van der Waals surface area contributed by atoms with Crippen LogP contribution >= 0.6 is 0 Å². The minimum Gasteiger partial charge on any atom is -0.0622 e. The normalized spacial score (nSPS) is 11.6. The third kappa shape index (κ3) is 5.38. The molecule has 0 atom stereocenters. The summed E-state index contributed by atoms with van der Waals surface area (Å²) < 4.78 is 0. The van der Waals surface area contributed by atoms with Crippen molar-refractivity contribution in [2.45, 2.75) is 0 Å². The molecule has 11 aromatic carbocycles. The molecule has 0 fully saturated rings. The van der Waals surface area contributed by atoms with Crippen LogP contribution in [0.3, 0.4) is 0 Å². The first kappa shape index (κ1) is 32.2. The molecule has 0 aromatic heterocycles. The summed E-state index contributed by atoms with van der Waals surface area (Å²) in [6.45, 7) is 0. The van der Waals surface area contributed by atoms with E-state index >= 15 is 0 Å². The van der Waals surface area contributed by atoms with E-state index < -0.39 is 0 Å². The van der Waals surface area contributed by atoms with E-state index in [0.29, 0.717) is 0 Å². The molecule has 11 rings (SSSR count). The summed E-state index contributed by atoms with van der Waals surface area (Å²) in [6.07, 6.45) is 0. The van der Waals surface area contributed by atoms with Gasteiger partial charge in [0, 0.05) is 0 Å². The molecule has 0 spiro atoms. The van der Waals surface area contributed by atoms with Gasteiger partial charge in [0.25, 0.3) is 0 Å². The fourth-order valence-corrected chi connectivity index (χ4v) is 8.99. The zero-order valence-electron chi connectivity index (χ0n) is 30.8. The molecular formula is C56H36. The number of rotatable bonds is 5. The Morgan fingerprint density at radius 3 is 1.36 bits per heavy atom. The van der Waals surface area contributed by atoms with Crippen LogP contribution in [-0.2, 0) is 0 Å². The maximum absolute atomic E-state index is 2.45. The van der Waals surface area contributed by atoms with Gasteiger partial charge in [-0.25, -0.2) is 0 Å². The minimum absolute atomic E-state index is 1.20. The Bertz CT molecular complexity index is 3290. The Balaban J connectivity index is 1.26. The standard InChI is InChI=1S/C56H36/c1-2-14-37(15-3-1)44-33-45(50-27-13-21-40-18-7-9-23-48(40)50)35-46(34-44)56-52-25-11-10-24-51(52)55(43-29-28-38-16-4-5-19-41(38)32-43)54-36-42(30-31-53(54)56)49-26-12-20-39-17-6-8-22-47(39)49/h1-36H. The summed E-state index contributed by atoms with van der Waals surface area (Å²) in [4.78, 5) is 0. The molecule has 0 N–H and O–H groups in total. The second-order valence-corrected chi connectivity index (χ2v) is 14.8. The van der Waals surface area contributed by atoms with E-state index in [0.717, 1.165) is 0 Å². The van der Waals surface area contributed by atoms with E-state index in [1.165, 1.54) is 109 Å². The molecule has 0 aliphatic heterocycles. The van der Waals surface area contributed by atoms with E-state index in [1.807, 2.05) is 0 Å². The van der Waals surface area contributed by atoms with Gasteiger partial charge in [-0.15, -0.1) is 0 Å². The maximum atomic E-state index is 2.45. The third-order valence-electron chi connectivity index (χ3n) is 11.6. The molecule has 11 aromatic rings. The van der Waals surface area contributed by atoms with Gasteiger partial charge in [-0.05, 0) is 140 Å². The van der Waals surface area contributed by atoms with Gasteiger partial charge in [-0.2, -0.15) is 0 Å². The summed E-state index contributed by atoms with van der Waals surface area (Å²) in [6, 6.07) is 80.6. The molecule has 0 bridgehead atoms. The van der Waals surface area contributed by atoms with Gasteiger partial charge >= 0.3 is 0 Å². The molecule has 0 aliphatic carbocycles. The van der Waals surface area contributed by atoms with Crippen molar-refractivity contribution < 1.29 is 0 Å². The van der Waals surface area contributed by atoms with Crippen LogP contribution in [-0.4, -0.2) is 0 Å². The summed E-state index contributed by atoms with van der Waals surface area (Å²) in [5, 5.41) is 12.5. The molecule has 260 valence electrons. The molecule has 56 heavy (non-hydrogen) atoms. The van der Waals surface area contributed by atoms with Gasteiger partial charge in [0.2, 0.25) is 0 Å². The molecule has 0 aliphatic rings. The highest BCUT2D eigenvalue weighted by Gasteiger charge is 2.20. The summed E-state index contributed by atoms with van der Waals surface area (Å²) in [5.41, 5.74) is 12.3. The predicted molar refractivity (Wildman–Crippen MR) is 241 cm³/mol. The van der Waals surface area contributed by atoms with Crippen LogP contribution in [0.5, 0.6) is 0 Å². The van der Waals surface area contributed by atoms with Crippen molar-refractivity contribution in [3.63, 3.8) is 0 Å². The fraction of sp³-hybridized carbons (Fsp3) is 0. The van der Waals surface area contributed by atoms with Crippen molar-refractivity contribution >= 4 is 53.9 Å². The van der Waals surface area contributed by atoms with E-state index in [2.05, 4.69) is 218 Å². The zero-order valence-corrected chi connectivity index (χ0v) is 30.8. The van der Waals surface area contributed by atoms with Crippen LogP contribution in [0.25, 0.3) is 109 Å². The van der Waals surface area contributed by atoms with Gasteiger partial charge in [0.15, 0.2) is 0 Å². The average molecular weight is 709 g/mol. The molecule has 0 nitrogen and oxygen atoms in total. The Morgan fingerprint density at radius 1 is 0.179 bits per heavy atom. The molecule has 0 saturated carbocycles. The van der Waals surface area contributed by atoms with Gasteiger partial charge in [-0.1, -0.05) is 188 Å². The number of hydrogen-bond donors (Lipinski definition) is 0. The van der Waals surface area contributed by atoms with E-state index in [1.54, 1.807) is 0 Å². The van der Waals surface area contributed by atoms with Crippen molar-refractivity contribution in [2.24, 2.45) is 0 Å². The molecule has 0 radical (unpaired) electrons. The second kappa shape index (κ2) is 13.2. The van der Waals surface area contributed by atoms with Crippen molar-refractivity contribution in [1.29, 1.82) is 0 Å². The Hall–Kier alpha value is -7.28. The minimum atomic E-state index is 1.20. The lowest BCUT2D eigenvalue weighted by atomic mass is 9.83. The molecular weight excluding hydrogens is 673 g/mol. The van der Waals surface area contributed by atoms with E-state index in [4.69, 9.17) is 0 Å². The van der Waals surface area contributed by atoms with Crippen LogP contribution in [0.15, 0.2) is 218 Å². The highest BCUT2D eigenvalue weighted by molar-refractivity contribution is 6.23. The van der Waals surface area contributed by atoms with Gasteiger partial charge < -0.3 is 0 Å². The average Bonchev–Trinajstić information content (AvgIpc) is 3.27. The predicted octanol–water partition coefficient (Wildman–Crippen LogP) is 15.8. The Kier molecular flexibility index (Phi) is 7.60. The molecule has 0 amide bonds. The summed E-state index contributed by atoms with van der Waals surface area (Å²) >= 11 is 0. The van der Waals surface area contributed by atoms with E-state index in [-0.39, 0.29) is 0 Å². The quantitative estimate of drug-likeness (QED) is 0.156. The van der Waals surface area contributed by atoms with Crippen molar-refractivity contribution in [3.05, 3.63) is 218 Å². The SMILES string of the molecule is c1ccc(-c2cc(-c3cccc4ccccc34)cc(-c3c4ccccc4c(-c4ccc5ccccc5c4)c4cc(-c5cccc6ccccc56)ccc34)c2)cc1. The topological polar surface area (TPSA) is 0 Å². The number of hydrogen-bond acceptors (Lipinski definition) is 0. The third-order valence-corrected chi connectivity index (χ3v) is 11.6. The van der Waals surface area contributed by atoms with E-state index in [9.17, 15) is 0 Å². The van der Waals surface area contributed by atoms with Gasteiger partial charge in [0.05, 0.1) is 0 Å².